The maximum Gasteiger partial charge on any atom is 0.243 e. The first-order chi connectivity index (χ1) is 17.4. The number of thiol groups is 1. The van der Waals surface area contributed by atoms with Crippen molar-refractivity contribution in [3.05, 3.63) is 63.6 Å². The van der Waals surface area contributed by atoms with Crippen LogP contribution in [0.15, 0.2) is 36.4 Å². The third kappa shape index (κ3) is 5.41. The van der Waals surface area contributed by atoms with E-state index in [-0.39, 0.29) is 23.7 Å². The molecule has 2 aromatic carbocycles. The van der Waals surface area contributed by atoms with Gasteiger partial charge in [-0.25, -0.2) is 9.37 Å². The summed E-state index contributed by atoms with van der Waals surface area (Å²) >= 11 is 17.6. The number of benzene rings is 2. The van der Waals surface area contributed by atoms with E-state index in [2.05, 4.69) is 5.32 Å². The van der Waals surface area contributed by atoms with Crippen LogP contribution in [-0.2, 0) is 4.79 Å². The van der Waals surface area contributed by atoms with Crippen LogP contribution >= 0.6 is 35.8 Å². The van der Waals surface area contributed by atoms with E-state index >= 15 is 0 Å². The molecule has 1 amide bonds. The van der Waals surface area contributed by atoms with Gasteiger partial charge in [0.2, 0.25) is 5.91 Å². The van der Waals surface area contributed by atoms with Gasteiger partial charge in [-0.05, 0) is 67.5 Å². The summed E-state index contributed by atoms with van der Waals surface area (Å²) in [6.45, 7) is 0. The van der Waals surface area contributed by atoms with Crippen molar-refractivity contribution >= 4 is 52.8 Å². The number of amides is 1. The first-order valence-corrected chi connectivity index (χ1v) is 14.3. The van der Waals surface area contributed by atoms with Crippen molar-refractivity contribution in [1.29, 1.82) is 0 Å². The van der Waals surface area contributed by atoms with Crippen LogP contribution in [0.1, 0.15) is 86.9 Å². The minimum atomic E-state index is -0.515. The second-order valence-corrected chi connectivity index (χ2v) is 11.6. The van der Waals surface area contributed by atoms with Gasteiger partial charge in [-0.3, -0.25) is 4.79 Å². The number of aromatic nitrogens is 2. The quantitative estimate of drug-likeness (QED) is 0.306. The molecule has 1 aromatic heterocycles. The average molecular weight is 549 g/mol. The molecule has 36 heavy (non-hydrogen) atoms. The van der Waals surface area contributed by atoms with Crippen LogP contribution in [0.2, 0.25) is 10.0 Å². The summed E-state index contributed by atoms with van der Waals surface area (Å²) in [5.41, 5.74) is 2.00. The lowest BCUT2D eigenvalue weighted by atomic mass is 9.82. The molecule has 0 aliphatic heterocycles. The van der Waals surface area contributed by atoms with Gasteiger partial charge < -0.3 is 9.88 Å². The number of carbonyl (C=O) groups is 1. The Kier molecular flexibility index (Phi) is 8.14. The Morgan fingerprint density at radius 3 is 2.39 bits per heavy atom. The van der Waals surface area contributed by atoms with Gasteiger partial charge in [0.05, 0.1) is 16.3 Å². The molecule has 2 unspecified atom stereocenters. The monoisotopic (exact) mass is 547 g/mol. The van der Waals surface area contributed by atoms with Gasteiger partial charge in [-0.15, -0.1) is 0 Å². The molecule has 5 rings (SSSR count). The zero-order valence-electron chi connectivity index (χ0n) is 20.2. The van der Waals surface area contributed by atoms with Gasteiger partial charge in [0.1, 0.15) is 17.7 Å². The molecular formula is C28H32Cl2FN3OS. The fourth-order valence-corrected chi connectivity index (χ4v) is 6.96. The minimum absolute atomic E-state index is 0.00125. The lowest BCUT2D eigenvalue weighted by molar-refractivity contribution is -0.127. The van der Waals surface area contributed by atoms with Gasteiger partial charge in [-0.1, -0.05) is 67.8 Å². The van der Waals surface area contributed by atoms with E-state index in [0.29, 0.717) is 26.9 Å². The van der Waals surface area contributed by atoms with E-state index in [1.54, 1.807) is 18.2 Å². The summed E-state index contributed by atoms with van der Waals surface area (Å²) in [5.74, 6) is 0.382. The number of hydrogen-bond donors (Lipinski definition) is 2. The van der Waals surface area contributed by atoms with Gasteiger partial charge in [-0.2, -0.15) is 12.6 Å². The minimum Gasteiger partial charge on any atom is -0.352 e. The molecule has 1 N–H and O–H groups in total. The Labute approximate surface area is 227 Å². The highest BCUT2D eigenvalue weighted by Gasteiger charge is 2.36. The predicted octanol–water partition coefficient (Wildman–Crippen LogP) is 8.07. The normalized spacial score (nSPS) is 19.3. The fourth-order valence-electron chi connectivity index (χ4n) is 5.96. The Balaban J connectivity index is 1.63. The molecule has 2 fully saturated rings. The van der Waals surface area contributed by atoms with Crippen molar-refractivity contribution in [2.24, 2.45) is 5.92 Å². The Morgan fingerprint density at radius 2 is 1.69 bits per heavy atom. The highest BCUT2D eigenvalue weighted by atomic mass is 35.5. The van der Waals surface area contributed by atoms with E-state index in [9.17, 15) is 9.18 Å². The maximum atomic E-state index is 14.5. The zero-order valence-corrected chi connectivity index (χ0v) is 22.6. The van der Waals surface area contributed by atoms with Crippen LogP contribution in [0.25, 0.3) is 11.0 Å². The van der Waals surface area contributed by atoms with Crippen molar-refractivity contribution in [3.63, 3.8) is 0 Å². The van der Waals surface area contributed by atoms with Gasteiger partial charge in [0.15, 0.2) is 0 Å². The molecule has 2 aliphatic rings. The SMILES string of the molecule is O=C(NC1CCCCC1)C(C1CCCCC1)n1c(C(S)c2ccc(Cl)cc2Cl)nc2ccc(F)cc21. The smallest absolute Gasteiger partial charge is 0.243 e. The molecule has 4 nitrogen and oxygen atoms in total. The van der Waals surface area contributed by atoms with Crippen molar-refractivity contribution in [2.75, 3.05) is 0 Å². The molecule has 3 aromatic rings. The van der Waals surface area contributed by atoms with E-state index < -0.39 is 11.3 Å². The molecule has 2 atom stereocenters. The second kappa shape index (κ2) is 11.3. The molecule has 1 heterocycles. The van der Waals surface area contributed by atoms with Crippen LogP contribution in [0, 0.1) is 11.7 Å². The third-order valence-corrected chi connectivity index (χ3v) is 8.85. The molecule has 0 bridgehead atoms. The Hall–Kier alpha value is -1.76. The van der Waals surface area contributed by atoms with Gasteiger partial charge >= 0.3 is 0 Å². The first-order valence-electron chi connectivity index (χ1n) is 13.0. The van der Waals surface area contributed by atoms with E-state index in [0.717, 1.165) is 56.9 Å². The van der Waals surface area contributed by atoms with Gasteiger partial charge in [0, 0.05) is 16.1 Å². The number of carbonyl (C=O) groups excluding carboxylic acids is 1. The van der Waals surface area contributed by atoms with Crippen molar-refractivity contribution in [1.82, 2.24) is 14.9 Å². The molecular weight excluding hydrogens is 516 g/mol. The number of imidazole rings is 1. The average Bonchev–Trinajstić information content (AvgIpc) is 3.23. The lowest BCUT2D eigenvalue weighted by Gasteiger charge is -2.34. The molecule has 2 aliphatic carbocycles. The van der Waals surface area contributed by atoms with Crippen LogP contribution in [0.3, 0.4) is 0 Å². The van der Waals surface area contributed by atoms with Crippen LogP contribution < -0.4 is 5.32 Å². The standard InChI is InChI=1S/C28H32Cl2FN3OS/c29-18-11-13-21(22(30)15-18)26(36)27-33-23-14-12-19(31)16-24(23)34(27)25(17-7-3-1-4-8-17)28(35)32-20-9-5-2-6-10-20/h11-17,20,25-26,36H,1-10H2,(H,32,35). The van der Waals surface area contributed by atoms with Crippen molar-refractivity contribution < 1.29 is 9.18 Å². The molecule has 192 valence electrons. The van der Waals surface area contributed by atoms with E-state index in [1.807, 2.05) is 10.6 Å². The molecule has 0 saturated heterocycles. The molecule has 2 saturated carbocycles. The summed E-state index contributed by atoms with van der Waals surface area (Å²) in [6.07, 6.45) is 10.8. The summed E-state index contributed by atoms with van der Waals surface area (Å²) in [5, 5.41) is 3.86. The number of fused-ring (bicyclic) bond motifs is 1. The predicted molar refractivity (Wildman–Crippen MR) is 148 cm³/mol. The van der Waals surface area contributed by atoms with Crippen LogP contribution in [0.4, 0.5) is 4.39 Å². The Bertz CT molecular complexity index is 1240. The van der Waals surface area contributed by atoms with Crippen LogP contribution in [-0.4, -0.2) is 21.5 Å². The number of rotatable bonds is 6. The van der Waals surface area contributed by atoms with E-state index in [4.69, 9.17) is 40.8 Å². The summed E-state index contributed by atoms with van der Waals surface area (Å²) < 4.78 is 16.5. The topological polar surface area (TPSA) is 46.9 Å². The molecule has 0 radical (unpaired) electrons. The molecule has 0 spiro atoms. The summed E-state index contributed by atoms with van der Waals surface area (Å²) in [7, 11) is 0. The number of halogens is 3. The highest BCUT2D eigenvalue weighted by Crippen LogP contribution is 2.41. The fraction of sp³-hybridized carbons (Fsp3) is 0.500. The van der Waals surface area contributed by atoms with E-state index in [1.165, 1.54) is 25.0 Å². The largest absolute Gasteiger partial charge is 0.352 e. The number of hydrogen-bond acceptors (Lipinski definition) is 3. The maximum absolute atomic E-state index is 14.5. The van der Waals surface area contributed by atoms with Crippen LogP contribution in [0.5, 0.6) is 0 Å². The summed E-state index contributed by atoms with van der Waals surface area (Å²) in [6, 6.07) is 9.55. The Morgan fingerprint density at radius 1 is 1.00 bits per heavy atom. The second-order valence-electron chi connectivity index (χ2n) is 10.2. The first kappa shape index (κ1) is 25.9. The lowest BCUT2D eigenvalue weighted by Crippen LogP contribution is -2.44. The summed E-state index contributed by atoms with van der Waals surface area (Å²) in [4.78, 5) is 18.9. The highest BCUT2D eigenvalue weighted by molar-refractivity contribution is 7.80. The molecule has 8 heteroatoms. The number of nitrogens with zero attached hydrogens (tertiary/aromatic N) is 2. The third-order valence-electron chi connectivity index (χ3n) is 7.78. The number of nitrogens with one attached hydrogen (secondary N) is 1. The van der Waals surface area contributed by atoms with Gasteiger partial charge in [0.25, 0.3) is 0 Å². The van der Waals surface area contributed by atoms with Crippen molar-refractivity contribution in [3.8, 4) is 0 Å². The zero-order chi connectivity index (χ0) is 25.2. The van der Waals surface area contributed by atoms with Crippen molar-refractivity contribution in [2.45, 2.75) is 81.5 Å².